The molecular formula is C25H32N4O3. The van der Waals surface area contributed by atoms with E-state index in [2.05, 4.69) is 20.4 Å². The van der Waals surface area contributed by atoms with Gasteiger partial charge in [-0.2, -0.15) is 0 Å². The van der Waals surface area contributed by atoms with Crippen molar-refractivity contribution in [3.63, 3.8) is 0 Å². The van der Waals surface area contributed by atoms with Crippen molar-refractivity contribution in [2.24, 2.45) is 0 Å². The van der Waals surface area contributed by atoms with Crippen LogP contribution in [-0.4, -0.2) is 67.0 Å². The molecule has 2 amide bonds. The van der Waals surface area contributed by atoms with Crippen LogP contribution in [0.3, 0.4) is 0 Å². The highest BCUT2D eigenvalue weighted by Gasteiger charge is 2.34. The third-order valence-corrected chi connectivity index (χ3v) is 6.29. The lowest BCUT2D eigenvalue weighted by atomic mass is 10.0. The Bertz CT molecular complexity index is 907. The van der Waals surface area contributed by atoms with Crippen LogP contribution in [0.1, 0.15) is 31.4 Å². The molecule has 0 spiro atoms. The molecule has 0 unspecified atom stereocenters. The molecule has 0 radical (unpaired) electrons. The molecule has 1 aliphatic heterocycles. The second-order valence-corrected chi connectivity index (χ2v) is 8.56. The lowest BCUT2D eigenvalue weighted by Gasteiger charge is -2.40. The lowest BCUT2D eigenvalue weighted by Crippen LogP contribution is -2.55. The fourth-order valence-corrected chi connectivity index (χ4v) is 4.15. The van der Waals surface area contributed by atoms with Gasteiger partial charge in [0.05, 0.1) is 13.2 Å². The van der Waals surface area contributed by atoms with E-state index < -0.39 is 6.04 Å². The summed E-state index contributed by atoms with van der Waals surface area (Å²) in [5, 5.41) is 6.15. The van der Waals surface area contributed by atoms with Gasteiger partial charge in [-0.1, -0.05) is 30.3 Å². The van der Waals surface area contributed by atoms with Gasteiger partial charge in [0, 0.05) is 37.9 Å². The van der Waals surface area contributed by atoms with Gasteiger partial charge in [0.1, 0.15) is 11.8 Å². The Morgan fingerprint density at radius 3 is 2.12 bits per heavy atom. The summed E-state index contributed by atoms with van der Waals surface area (Å²) in [4.78, 5) is 30.2. The SMILES string of the molecule is COc1ccc(NC(=O)[C@H](c2ccccc2)N2CCN([C@H](C)C(=O)NC3CC3)CC2)cc1. The standard InChI is InChI=1S/C25H32N4O3/c1-18(24(30)26-20-8-9-20)28-14-16-29(17-15-28)23(19-6-4-3-5-7-19)25(31)27-21-10-12-22(32-2)13-11-21/h3-7,10-13,18,20,23H,8-9,14-17H2,1-2H3,(H,26,30)(H,27,31)/t18-,23+/m1/s1. The molecule has 2 aliphatic rings. The van der Waals surface area contributed by atoms with Crippen LogP contribution in [0.4, 0.5) is 5.69 Å². The minimum atomic E-state index is -0.393. The number of hydrogen-bond donors (Lipinski definition) is 2. The Balaban J connectivity index is 1.42. The largest absolute Gasteiger partial charge is 0.497 e. The molecule has 7 nitrogen and oxygen atoms in total. The third kappa shape index (κ3) is 5.47. The molecule has 1 aliphatic carbocycles. The van der Waals surface area contributed by atoms with Crippen LogP contribution < -0.4 is 15.4 Å². The number of benzene rings is 2. The van der Waals surface area contributed by atoms with Crippen molar-refractivity contribution >= 4 is 17.5 Å². The Morgan fingerprint density at radius 2 is 1.53 bits per heavy atom. The number of piperazine rings is 1. The van der Waals surface area contributed by atoms with Gasteiger partial charge in [0.15, 0.2) is 0 Å². The maximum atomic E-state index is 13.4. The van der Waals surface area contributed by atoms with Crippen molar-refractivity contribution in [3.8, 4) is 5.75 Å². The summed E-state index contributed by atoms with van der Waals surface area (Å²) in [6.45, 7) is 4.91. The van der Waals surface area contributed by atoms with E-state index in [1.54, 1.807) is 7.11 Å². The molecule has 7 heteroatoms. The topological polar surface area (TPSA) is 73.9 Å². The van der Waals surface area contributed by atoms with Gasteiger partial charge in [-0.15, -0.1) is 0 Å². The first kappa shape index (κ1) is 22.3. The molecule has 1 heterocycles. The van der Waals surface area contributed by atoms with E-state index in [9.17, 15) is 9.59 Å². The molecule has 2 aromatic carbocycles. The zero-order valence-electron chi connectivity index (χ0n) is 18.8. The summed E-state index contributed by atoms with van der Waals surface area (Å²) < 4.78 is 5.20. The predicted molar refractivity (Wildman–Crippen MR) is 125 cm³/mol. The smallest absolute Gasteiger partial charge is 0.246 e. The third-order valence-electron chi connectivity index (χ3n) is 6.29. The Hall–Kier alpha value is -2.90. The van der Waals surface area contributed by atoms with Crippen molar-refractivity contribution in [1.29, 1.82) is 0 Å². The van der Waals surface area contributed by atoms with Crippen LogP contribution in [0.2, 0.25) is 0 Å². The number of nitrogens with one attached hydrogen (secondary N) is 2. The minimum absolute atomic E-state index is 0.0608. The van der Waals surface area contributed by atoms with E-state index >= 15 is 0 Å². The summed E-state index contributed by atoms with van der Waals surface area (Å²) in [6.07, 6.45) is 2.18. The summed E-state index contributed by atoms with van der Waals surface area (Å²) >= 11 is 0. The molecule has 2 atom stereocenters. The Morgan fingerprint density at radius 1 is 0.906 bits per heavy atom. The van der Waals surface area contributed by atoms with Crippen molar-refractivity contribution in [3.05, 3.63) is 60.2 Å². The minimum Gasteiger partial charge on any atom is -0.497 e. The van der Waals surface area contributed by atoms with E-state index in [1.165, 1.54) is 0 Å². The average molecular weight is 437 g/mol. The van der Waals surface area contributed by atoms with Gasteiger partial charge < -0.3 is 15.4 Å². The number of rotatable bonds is 8. The molecule has 0 bridgehead atoms. The molecule has 170 valence electrons. The van der Waals surface area contributed by atoms with Gasteiger partial charge in [0.25, 0.3) is 0 Å². The quantitative estimate of drug-likeness (QED) is 0.666. The molecule has 1 saturated heterocycles. The van der Waals surface area contributed by atoms with Gasteiger partial charge >= 0.3 is 0 Å². The Kier molecular flexibility index (Phi) is 7.07. The van der Waals surface area contributed by atoms with Crippen LogP contribution in [0.15, 0.2) is 54.6 Å². The zero-order chi connectivity index (χ0) is 22.5. The first-order valence-corrected chi connectivity index (χ1v) is 11.3. The number of carbonyl (C=O) groups excluding carboxylic acids is 2. The monoisotopic (exact) mass is 436 g/mol. The normalized spacial score (nSPS) is 19.1. The van der Waals surface area contributed by atoms with E-state index in [0.717, 1.165) is 56.0 Å². The van der Waals surface area contributed by atoms with Gasteiger partial charge in [0.2, 0.25) is 11.8 Å². The molecular weight excluding hydrogens is 404 g/mol. The number of hydrogen-bond acceptors (Lipinski definition) is 5. The van der Waals surface area contributed by atoms with Crippen molar-refractivity contribution in [2.75, 3.05) is 38.6 Å². The highest BCUT2D eigenvalue weighted by molar-refractivity contribution is 5.95. The first-order chi connectivity index (χ1) is 15.5. The van der Waals surface area contributed by atoms with E-state index in [1.807, 2.05) is 61.5 Å². The average Bonchev–Trinajstić information content (AvgIpc) is 3.64. The van der Waals surface area contributed by atoms with E-state index in [0.29, 0.717) is 6.04 Å². The number of amides is 2. The maximum absolute atomic E-state index is 13.4. The van der Waals surface area contributed by atoms with Crippen LogP contribution in [-0.2, 0) is 9.59 Å². The van der Waals surface area contributed by atoms with Crippen LogP contribution in [0.5, 0.6) is 5.75 Å². The molecule has 2 N–H and O–H groups in total. The zero-order valence-corrected chi connectivity index (χ0v) is 18.8. The van der Waals surface area contributed by atoms with Crippen LogP contribution >= 0.6 is 0 Å². The number of nitrogens with zero attached hydrogens (tertiary/aromatic N) is 2. The highest BCUT2D eigenvalue weighted by Crippen LogP contribution is 2.26. The maximum Gasteiger partial charge on any atom is 0.246 e. The van der Waals surface area contributed by atoms with Gasteiger partial charge in [-0.3, -0.25) is 19.4 Å². The fourth-order valence-electron chi connectivity index (χ4n) is 4.15. The van der Waals surface area contributed by atoms with Crippen molar-refractivity contribution in [2.45, 2.75) is 37.9 Å². The molecule has 1 saturated carbocycles. The number of ether oxygens (including phenoxy) is 1. The van der Waals surface area contributed by atoms with Gasteiger partial charge in [-0.05, 0) is 49.6 Å². The van der Waals surface area contributed by atoms with Crippen LogP contribution in [0, 0.1) is 0 Å². The second kappa shape index (κ2) is 10.1. The number of carbonyl (C=O) groups is 2. The van der Waals surface area contributed by atoms with Crippen molar-refractivity contribution < 1.29 is 14.3 Å². The fraction of sp³-hybridized carbons (Fsp3) is 0.440. The Labute approximate surface area is 189 Å². The molecule has 2 fully saturated rings. The van der Waals surface area contributed by atoms with Crippen LogP contribution in [0.25, 0.3) is 0 Å². The summed E-state index contributed by atoms with van der Waals surface area (Å²) in [6, 6.07) is 17.1. The summed E-state index contributed by atoms with van der Waals surface area (Å²) in [7, 11) is 1.62. The second-order valence-electron chi connectivity index (χ2n) is 8.56. The van der Waals surface area contributed by atoms with E-state index in [4.69, 9.17) is 4.74 Å². The molecule has 0 aromatic heterocycles. The summed E-state index contributed by atoms with van der Waals surface area (Å²) in [5.74, 6) is 0.797. The number of anilines is 1. The summed E-state index contributed by atoms with van der Waals surface area (Å²) in [5.41, 5.74) is 1.70. The molecule has 32 heavy (non-hydrogen) atoms. The van der Waals surface area contributed by atoms with E-state index in [-0.39, 0.29) is 17.9 Å². The van der Waals surface area contributed by atoms with Gasteiger partial charge in [-0.25, -0.2) is 0 Å². The predicted octanol–water partition coefficient (Wildman–Crippen LogP) is 2.66. The molecule has 4 rings (SSSR count). The molecule has 2 aromatic rings. The lowest BCUT2D eigenvalue weighted by molar-refractivity contribution is -0.128. The first-order valence-electron chi connectivity index (χ1n) is 11.3. The highest BCUT2D eigenvalue weighted by atomic mass is 16.5. The number of methoxy groups -OCH3 is 1. The van der Waals surface area contributed by atoms with Crippen molar-refractivity contribution in [1.82, 2.24) is 15.1 Å².